The fourth-order valence-corrected chi connectivity index (χ4v) is 3.91. The highest BCUT2D eigenvalue weighted by Crippen LogP contribution is 2.42. The maximum absolute atomic E-state index is 12.2. The first-order valence-corrected chi connectivity index (χ1v) is 9.48. The van der Waals surface area contributed by atoms with Gasteiger partial charge in [0.2, 0.25) is 5.88 Å². The van der Waals surface area contributed by atoms with Crippen molar-refractivity contribution < 1.29 is 14.3 Å². The highest BCUT2D eigenvalue weighted by atomic mass is 127. The number of amides is 1. The lowest BCUT2D eigenvalue weighted by atomic mass is 10.0. The van der Waals surface area contributed by atoms with E-state index in [-0.39, 0.29) is 6.09 Å². The van der Waals surface area contributed by atoms with Gasteiger partial charge < -0.3 is 14.4 Å². The van der Waals surface area contributed by atoms with E-state index in [2.05, 4.69) is 32.8 Å². The first-order chi connectivity index (χ1) is 11.3. The number of hydrogen-bond donors (Lipinski definition) is 0. The summed E-state index contributed by atoms with van der Waals surface area (Å²) in [4.78, 5) is 14.0. The molecule has 6 nitrogen and oxygen atoms in total. The molecule has 1 saturated heterocycles. The fraction of sp³-hybridized carbons (Fsp3) is 0.706. The number of carbonyl (C=O) groups excluding carboxylic acids is 1. The first kappa shape index (κ1) is 17.7. The number of rotatable bonds is 3. The number of hydrogen-bond acceptors (Lipinski definition) is 5. The summed E-state index contributed by atoms with van der Waals surface area (Å²) in [5, 5.41) is 8.03. The van der Waals surface area contributed by atoms with Crippen LogP contribution in [0.4, 0.5) is 4.79 Å². The van der Waals surface area contributed by atoms with Crippen molar-refractivity contribution in [3.63, 3.8) is 0 Å². The molecule has 1 saturated carbocycles. The third-order valence-corrected chi connectivity index (χ3v) is 5.15. The van der Waals surface area contributed by atoms with E-state index in [1.807, 2.05) is 37.8 Å². The molecule has 2 unspecified atom stereocenters. The zero-order chi connectivity index (χ0) is 17.3. The van der Waals surface area contributed by atoms with Gasteiger partial charge >= 0.3 is 6.09 Å². The standard InChI is InChI=1S/C17H24IN3O3/c1-17(2,3)24-16(22)21-8-12-6-11(7-13(12)9-21)10-23-15-5-4-14(18)19-20-15/h4-5,11-13H,6-10H2,1-3H3/t11?,12-,13?/m1/s1. The lowest BCUT2D eigenvalue weighted by molar-refractivity contribution is 0.0276. The van der Waals surface area contributed by atoms with Crippen LogP contribution in [-0.2, 0) is 4.74 Å². The van der Waals surface area contributed by atoms with Gasteiger partial charge in [0, 0.05) is 19.2 Å². The quantitative estimate of drug-likeness (QED) is 0.668. The van der Waals surface area contributed by atoms with Crippen LogP contribution in [0.15, 0.2) is 12.1 Å². The average molecular weight is 445 g/mol. The van der Waals surface area contributed by atoms with Gasteiger partial charge in [0.25, 0.3) is 0 Å². The van der Waals surface area contributed by atoms with Gasteiger partial charge in [-0.25, -0.2) is 4.79 Å². The Morgan fingerprint density at radius 3 is 2.46 bits per heavy atom. The van der Waals surface area contributed by atoms with Crippen LogP contribution in [0.1, 0.15) is 33.6 Å². The molecule has 2 fully saturated rings. The third kappa shape index (κ3) is 4.49. The Morgan fingerprint density at radius 1 is 1.25 bits per heavy atom. The van der Waals surface area contributed by atoms with E-state index < -0.39 is 5.60 Å². The van der Waals surface area contributed by atoms with Gasteiger partial charge in [-0.3, -0.25) is 0 Å². The number of aromatic nitrogens is 2. The van der Waals surface area contributed by atoms with Crippen molar-refractivity contribution in [1.82, 2.24) is 15.1 Å². The van der Waals surface area contributed by atoms with E-state index in [9.17, 15) is 4.79 Å². The minimum absolute atomic E-state index is 0.182. The molecule has 7 heteroatoms. The van der Waals surface area contributed by atoms with Crippen molar-refractivity contribution >= 4 is 28.7 Å². The van der Waals surface area contributed by atoms with E-state index >= 15 is 0 Å². The van der Waals surface area contributed by atoms with E-state index in [1.165, 1.54) is 0 Å². The maximum atomic E-state index is 12.2. The summed E-state index contributed by atoms with van der Waals surface area (Å²) < 4.78 is 12.1. The van der Waals surface area contributed by atoms with Gasteiger partial charge in [-0.1, -0.05) is 0 Å². The number of likely N-dealkylation sites (tertiary alicyclic amines) is 1. The minimum atomic E-state index is -0.431. The fourth-order valence-electron chi connectivity index (χ4n) is 3.62. The second-order valence-electron chi connectivity index (χ2n) is 7.75. The number of ether oxygens (including phenoxy) is 2. The van der Waals surface area contributed by atoms with E-state index in [0.717, 1.165) is 29.6 Å². The highest BCUT2D eigenvalue weighted by Gasteiger charge is 2.43. The molecule has 1 amide bonds. The molecule has 1 aliphatic heterocycles. The Bertz CT molecular complexity index is 574. The summed E-state index contributed by atoms with van der Waals surface area (Å²) in [6, 6.07) is 3.75. The second-order valence-corrected chi connectivity index (χ2v) is 8.85. The third-order valence-electron chi connectivity index (χ3n) is 4.57. The summed E-state index contributed by atoms with van der Waals surface area (Å²) in [7, 11) is 0. The molecule has 24 heavy (non-hydrogen) atoms. The zero-order valence-electron chi connectivity index (χ0n) is 14.4. The van der Waals surface area contributed by atoms with Gasteiger partial charge in [0.15, 0.2) is 0 Å². The topological polar surface area (TPSA) is 64.5 Å². The lowest BCUT2D eigenvalue weighted by Crippen LogP contribution is -2.36. The number of halogens is 1. The number of carbonyl (C=O) groups is 1. The van der Waals surface area contributed by atoms with Gasteiger partial charge in [0.1, 0.15) is 9.30 Å². The molecule has 0 radical (unpaired) electrons. The van der Waals surface area contributed by atoms with Crippen molar-refractivity contribution in [2.24, 2.45) is 17.8 Å². The molecule has 3 rings (SSSR count). The van der Waals surface area contributed by atoms with Gasteiger partial charge in [-0.05, 0) is 80.0 Å². The summed E-state index contributed by atoms with van der Waals surface area (Å²) in [5.74, 6) is 2.24. The summed E-state index contributed by atoms with van der Waals surface area (Å²) in [5.41, 5.74) is -0.431. The van der Waals surface area contributed by atoms with Crippen molar-refractivity contribution in [3.05, 3.63) is 15.8 Å². The molecule has 132 valence electrons. The lowest BCUT2D eigenvalue weighted by Gasteiger charge is -2.25. The molecule has 0 aromatic carbocycles. The summed E-state index contributed by atoms with van der Waals surface area (Å²) in [6.07, 6.45) is 2.02. The van der Waals surface area contributed by atoms with Crippen molar-refractivity contribution in [1.29, 1.82) is 0 Å². The largest absolute Gasteiger partial charge is 0.476 e. The maximum Gasteiger partial charge on any atom is 0.410 e. The molecule has 0 spiro atoms. The normalized spacial score (nSPS) is 26.3. The molecule has 0 bridgehead atoms. The zero-order valence-corrected chi connectivity index (χ0v) is 16.5. The van der Waals surface area contributed by atoms with Gasteiger partial charge in [-0.15, -0.1) is 10.2 Å². The van der Waals surface area contributed by atoms with Crippen LogP contribution < -0.4 is 4.74 Å². The van der Waals surface area contributed by atoms with Crippen LogP contribution in [0.5, 0.6) is 5.88 Å². The SMILES string of the molecule is CC(C)(C)OC(=O)N1CC2CC(COc3ccc(I)nn3)C[C@@H]2C1. The molecule has 2 heterocycles. The van der Waals surface area contributed by atoms with Crippen LogP contribution in [0.2, 0.25) is 0 Å². The summed E-state index contributed by atoms with van der Waals surface area (Å²) >= 11 is 2.12. The monoisotopic (exact) mass is 445 g/mol. The molecule has 0 N–H and O–H groups in total. The molecule has 1 aromatic rings. The Kier molecular flexibility index (Phi) is 5.17. The van der Waals surface area contributed by atoms with Crippen molar-refractivity contribution in [2.45, 2.75) is 39.2 Å². The predicted molar refractivity (Wildman–Crippen MR) is 97.8 cm³/mol. The van der Waals surface area contributed by atoms with E-state index in [4.69, 9.17) is 9.47 Å². The van der Waals surface area contributed by atoms with Crippen LogP contribution in [-0.4, -0.2) is 46.5 Å². The van der Waals surface area contributed by atoms with E-state index in [1.54, 1.807) is 0 Å². The van der Waals surface area contributed by atoms with Gasteiger partial charge in [-0.2, -0.15) is 0 Å². The number of fused-ring (bicyclic) bond motifs is 1. The van der Waals surface area contributed by atoms with E-state index in [0.29, 0.717) is 30.2 Å². The second kappa shape index (κ2) is 7.01. The highest BCUT2D eigenvalue weighted by molar-refractivity contribution is 14.1. The number of nitrogens with zero attached hydrogens (tertiary/aromatic N) is 3. The van der Waals surface area contributed by atoms with Gasteiger partial charge in [0.05, 0.1) is 6.61 Å². The first-order valence-electron chi connectivity index (χ1n) is 8.40. The molecule has 2 aliphatic rings. The summed E-state index contributed by atoms with van der Waals surface area (Å²) in [6.45, 7) is 8.00. The van der Waals surface area contributed by atoms with Crippen LogP contribution in [0.25, 0.3) is 0 Å². The molecule has 1 aromatic heterocycles. The Labute approximate surface area is 156 Å². The Morgan fingerprint density at radius 2 is 1.92 bits per heavy atom. The Balaban J connectivity index is 1.45. The Hall–Kier alpha value is -1.12. The van der Waals surface area contributed by atoms with Crippen molar-refractivity contribution in [3.8, 4) is 5.88 Å². The molecule has 1 aliphatic carbocycles. The van der Waals surface area contributed by atoms with Crippen LogP contribution in [0, 0.1) is 21.5 Å². The smallest absolute Gasteiger partial charge is 0.410 e. The average Bonchev–Trinajstić information content (AvgIpc) is 3.03. The predicted octanol–water partition coefficient (Wildman–Crippen LogP) is 3.35. The molecular weight excluding hydrogens is 421 g/mol. The molecular formula is C17H24IN3O3. The molecule has 3 atom stereocenters. The van der Waals surface area contributed by atoms with Crippen molar-refractivity contribution in [2.75, 3.05) is 19.7 Å². The van der Waals surface area contributed by atoms with Crippen LogP contribution in [0.3, 0.4) is 0 Å². The van der Waals surface area contributed by atoms with Crippen LogP contribution >= 0.6 is 22.6 Å². The minimum Gasteiger partial charge on any atom is -0.476 e.